The molecular formula is C31H43ClO8. The van der Waals surface area contributed by atoms with Crippen LogP contribution in [0.2, 0.25) is 0 Å². The molecule has 4 aliphatic rings. The third-order valence-electron chi connectivity index (χ3n) is 11.4. The van der Waals surface area contributed by atoms with E-state index in [4.69, 9.17) is 37.0 Å². The highest BCUT2D eigenvalue weighted by Gasteiger charge is 2.67. The standard InChI is InChI=1S/C31H43ClO8/c1-5-12-37-27(35)9-6-19(2)22-7-8-23-29-24(15-26(39-18-34)31(22,23)4)30(3)11-10-21(40-28(36)16-32)13-20(30)14-25(29)38-17-33/h1,17-26,29H,6-16H2,2-4H3/t19-,20+,21-,22-,23+,24+,25-,26+,29+,30+,31-/m1/s1. The van der Waals surface area contributed by atoms with Crippen LogP contribution in [0.5, 0.6) is 0 Å². The van der Waals surface area contributed by atoms with Gasteiger partial charge in [0.25, 0.3) is 12.9 Å². The Balaban J connectivity index is 1.60. The lowest BCUT2D eigenvalue weighted by atomic mass is 9.43. The maximum absolute atomic E-state index is 12.1. The van der Waals surface area contributed by atoms with Gasteiger partial charge in [-0.1, -0.05) is 26.7 Å². The first-order valence-corrected chi connectivity index (χ1v) is 15.2. The number of terminal acetylenes is 1. The lowest BCUT2D eigenvalue weighted by molar-refractivity contribution is -0.218. The zero-order chi connectivity index (χ0) is 29.1. The summed E-state index contributed by atoms with van der Waals surface area (Å²) in [6.45, 7) is 7.85. The van der Waals surface area contributed by atoms with Crippen LogP contribution in [0.3, 0.4) is 0 Å². The van der Waals surface area contributed by atoms with Crippen molar-refractivity contribution in [2.45, 2.75) is 96.9 Å². The predicted molar refractivity (Wildman–Crippen MR) is 147 cm³/mol. The Bertz CT molecular complexity index is 994. The van der Waals surface area contributed by atoms with Crippen molar-refractivity contribution in [2.24, 2.45) is 46.3 Å². The molecule has 0 saturated heterocycles. The highest BCUT2D eigenvalue weighted by molar-refractivity contribution is 6.26. The first-order valence-electron chi connectivity index (χ1n) is 14.7. The summed E-state index contributed by atoms with van der Waals surface area (Å²) in [5.41, 5.74) is -0.376. The van der Waals surface area contributed by atoms with Gasteiger partial charge in [0.15, 0.2) is 6.61 Å². The Morgan fingerprint density at radius 1 is 1.05 bits per heavy atom. The van der Waals surface area contributed by atoms with Crippen molar-refractivity contribution in [3.05, 3.63) is 0 Å². The number of hydrogen-bond donors (Lipinski definition) is 0. The topological polar surface area (TPSA) is 105 Å². The van der Waals surface area contributed by atoms with E-state index in [-0.39, 0.29) is 89.5 Å². The molecule has 0 unspecified atom stereocenters. The molecule has 0 spiro atoms. The molecular weight excluding hydrogens is 536 g/mol. The van der Waals surface area contributed by atoms with Gasteiger partial charge in [-0.05, 0) is 86.4 Å². The summed E-state index contributed by atoms with van der Waals surface area (Å²) in [6.07, 6.45) is 11.1. The van der Waals surface area contributed by atoms with E-state index in [1.807, 2.05) is 0 Å². The molecule has 4 saturated carbocycles. The summed E-state index contributed by atoms with van der Waals surface area (Å²) < 4.78 is 22.5. The Labute approximate surface area is 242 Å². The molecule has 0 aromatic heterocycles. The lowest BCUT2D eigenvalue weighted by Crippen LogP contribution is -2.63. The van der Waals surface area contributed by atoms with Crippen LogP contribution in [0.1, 0.15) is 78.6 Å². The summed E-state index contributed by atoms with van der Waals surface area (Å²) in [5, 5.41) is 0. The van der Waals surface area contributed by atoms with Crippen molar-refractivity contribution in [3.8, 4) is 12.3 Å². The van der Waals surface area contributed by atoms with Crippen LogP contribution >= 0.6 is 11.6 Å². The van der Waals surface area contributed by atoms with Crippen LogP contribution in [-0.2, 0) is 38.1 Å². The number of hydrogen-bond acceptors (Lipinski definition) is 8. The summed E-state index contributed by atoms with van der Waals surface area (Å²) in [4.78, 5) is 47.6. The molecule has 4 fully saturated rings. The highest BCUT2D eigenvalue weighted by Crippen LogP contribution is 2.69. The fraction of sp³-hybridized carbons (Fsp3) is 0.806. The number of carbonyl (C=O) groups is 4. The number of alkyl halides is 1. The number of esters is 2. The summed E-state index contributed by atoms with van der Waals surface area (Å²) in [5.74, 6) is 2.61. The quantitative estimate of drug-likeness (QED) is 0.114. The molecule has 8 nitrogen and oxygen atoms in total. The average Bonchev–Trinajstić information content (AvgIpc) is 3.30. The predicted octanol–water partition coefficient (Wildman–Crippen LogP) is 4.69. The van der Waals surface area contributed by atoms with E-state index in [0.29, 0.717) is 32.2 Å². The van der Waals surface area contributed by atoms with Crippen LogP contribution in [0.4, 0.5) is 0 Å². The molecule has 0 aliphatic heterocycles. The zero-order valence-corrected chi connectivity index (χ0v) is 24.6. The first kappa shape index (κ1) is 30.7. The molecule has 0 N–H and O–H groups in total. The molecule has 0 heterocycles. The van der Waals surface area contributed by atoms with E-state index in [2.05, 4.69) is 26.7 Å². The molecule has 0 aromatic carbocycles. The minimum absolute atomic E-state index is 0.0253. The fourth-order valence-electron chi connectivity index (χ4n) is 9.61. The van der Waals surface area contributed by atoms with Crippen LogP contribution in [0.15, 0.2) is 0 Å². The van der Waals surface area contributed by atoms with Crippen LogP contribution in [0.25, 0.3) is 0 Å². The van der Waals surface area contributed by atoms with Gasteiger partial charge >= 0.3 is 11.9 Å². The number of rotatable bonds is 11. The Morgan fingerprint density at radius 2 is 1.80 bits per heavy atom. The van der Waals surface area contributed by atoms with Crippen LogP contribution in [-0.4, -0.2) is 55.7 Å². The van der Waals surface area contributed by atoms with Gasteiger partial charge < -0.3 is 18.9 Å². The second-order valence-corrected chi connectivity index (χ2v) is 13.2. The van der Waals surface area contributed by atoms with E-state index in [1.54, 1.807) is 0 Å². The van der Waals surface area contributed by atoms with Gasteiger partial charge in [-0.2, -0.15) is 0 Å². The van der Waals surface area contributed by atoms with Gasteiger partial charge in [-0.25, -0.2) is 0 Å². The van der Waals surface area contributed by atoms with Crippen molar-refractivity contribution in [1.29, 1.82) is 0 Å². The normalized spacial score (nSPS) is 40.7. The molecule has 0 amide bonds. The lowest BCUT2D eigenvalue weighted by Gasteiger charge is -2.64. The molecule has 0 bridgehead atoms. The van der Waals surface area contributed by atoms with Crippen LogP contribution in [0, 0.1) is 58.7 Å². The second-order valence-electron chi connectivity index (χ2n) is 12.9. The van der Waals surface area contributed by atoms with Gasteiger partial charge in [-0.3, -0.25) is 19.2 Å². The minimum Gasteiger partial charge on any atom is -0.464 e. The van der Waals surface area contributed by atoms with Crippen molar-refractivity contribution in [2.75, 3.05) is 12.5 Å². The highest BCUT2D eigenvalue weighted by atomic mass is 35.5. The molecule has 40 heavy (non-hydrogen) atoms. The van der Waals surface area contributed by atoms with Gasteiger partial charge in [0.2, 0.25) is 0 Å². The number of ether oxygens (including phenoxy) is 4. The van der Waals surface area contributed by atoms with E-state index in [9.17, 15) is 19.2 Å². The summed E-state index contributed by atoms with van der Waals surface area (Å²) in [6, 6.07) is 0. The molecule has 11 atom stereocenters. The Morgan fingerprint density at radius 3 is 2.48 bits per heavy atom. The second kappa shape index (κ2) is 12.7. The van der Waals surface area contributed by atoms with Gasteiger partial charge in [-0.15, -0.1) is 18.0 Å². The third kappa shape index (κ3) is 5.60. The smallest absolute Gasteiger partial charge is 0.321 e. The largest absolute Gasteiger partial charge is 0.464 e. The maximum atomic E-state index is 12.1. The maximum Gasteiger partial charge on any atom is 0.321 e. The van der Waals surface area contributed by atoms with E-state index >= 15 is 0 Å². The van der Waals surface area contributed by atoms with Crippen LogP contribution < -0.4 is 0 Å². The molecule has 0 radical (unpaired) electrons. The Kier molecular flexibility index (Phi) is 9.75. The number of carbonyl (C=O) groups excluding carboxylic acids is 4. The number of halogens is 1. The van der Waals surface area contributed by atoms with Gasteiger partial charge in [0, 0.05) is 17.8 Å². The van der Waals surface area contributed by atoms with E-state index in [0.717, 1.165) is 32.1 Å². The summed E-state index contributed by atoms with van der Waals surface area (Å²) in [7, 11) is 0. The van der Waals surface area contributed by atoms with E-state index < -0.39 is 5.97 Å². The molecule has 4 rings (SSSR count). The van der Waals surface area contributed by atoms with Crippen molar-refractivity contribution >= 4 is 36.5 Å². The van der Waals surface area contributed by atoms with Crippen molar-refractivity contribution in [3.63, 3.8) is 0 Å². The SMILES string of the molecule is C#CCOC(=O)CC[C@@H](C)[C@H]1CC[C@H]2[C@@H]3[C@H](OC=O)C[C@@H]4C[C@H](OC(=O)CCl)CC[C@]4(C)[C@H]3C[C@H](OC=O)[C@]12C. The van der Waals surface area contributed by atoms with E-state index in [1.165, 1.54) is 0 Å². The molecule has 4 aliphatic carbocycles. The average molecular weight is 579 g/mol. The molecule has 222 valence electrons. The molecule has 0 aromatic rings. The molecule has 9 heteroatoms. The van der Waals surface area contributed by atoms with Crippen molar-refractivity contribution in [1.82, 2.24) is 0 Å². The third-order valence-corrected chi connectivity index (χ3v) is 11.6. The first-order chi connectivity index (χ1) is 19.1. The minimum atomic E-state index is -0.409. The summed E-state index contributed by atoms with van der Waals surface area (Å²) >= 11 is 5.69. The van der Waals surface area contributed by atoms with Gasteiger partial charge in [0.1, 0.15) is 24.2 Å². The number of fused-ring (bicyclic) bond motifs is 5. The monoisotopic (exact) mass is 578 g/mol. The van der Waals surface area contributed by atoms with Crippen molar-refractivity contribution < 1.29 is 38.1 Å². The Hall–Kier alpha value is -2.27. The van der Waals surface area contributed by atoms with Gasteiger partial charge in [0.05, 0.1) is 0 Å². The fourth-order valence-corrected chi connectivity index (χ4v) is 9.67. The zero-order valence-electron chi connectivity index (χ0n) is 23.9.